The number of hydrogen-bond acceptors (Lipinski definition) is 6. The van der Waals surface area contributed by atoms with E-state index in [0.717, 1.165) is 31.2 Å². The van der Waals surface area contributed by atoms with E-state index in [-0.39, 0.29) is 48.3 Å². The van der Waals surface area contributed by atoms with Gasteiger partial charge in [0.2, 0.25) is 11.5 Å². The SMILES string of the molecule is Cc1ccc(OC2=COC3CC(OCC(=O)OC4CCCCC4)CCC3C2=O)cc1. The summed E-state index contributed by atoms with van der Waals surface area (Å²) in [5, 5.41) is 0. The average molecular weight is 414 g/mol. The number of carbonyl (C=O) groups is 2. The summed E-state index contributed by atoms with van der Waals surface area (Å²) in [5.41, 5.74) is 1.13. The van der Waals surface area contributed by atoms with Gasteiger partial charge in [0.05, 0.1) is 12.0 Å². The number of benzene rings is 1. The van der Waals surface area contributed by atoms with E-state index >= 15 is 0 Å². The minimum absolute atomic E-state index is 0.0259. The number of aryl methyl sites for hydroxylation is 1. The van der Waals surface area contributed by atoms with Crippen molar-refractivity contribution in [2.24, 2.45) is 5.92 Å². The number of hydrogen-bond donors (Lipinski definition) is 0. The zero-order valence-electron chi connectivity index (χ0n) is 17.5. The molecule has 0 amide bonds. The van der Waals surface area contributed by atoms with Gasteiger partial charge in [0, 0.05) is 6.42 Å². The van der Waals surface area contributed by atoms with Crippen LogP contribution in [-0.4, -0.2) is 36.7 Å². The summed E-state index contributed by atoms with van der Waals surface area (Å²) in [4.78, 5) is 24.9. The Bertz CT molecular complexity index is 777. The first-order valence-corrected chi connectivity index (χ1v) is 11.0. The van der Waals surface area contributed by atoms with Gasteiger partial charge in [-0.05, 0) is 57.6 Å². The van der Waals surface area contributed by atoms with E-state index < -0.39 is 0 Å². The van der Waals surface area contributed by atoms with Crippen molar-refractivity contribution in [2.75, 3.05) is 6.61 Å². The topological polar surface area (TPSA) is 71.1 Å². The molecule has 0 aromatic heterocycles. The fourth-order valence-corrected chi connectivity index (χ4v) is 4.48. The second-order valence-electron chi connectivity index (χ2n) is 8.54. The van der Waals surface area contributed by atoms with Crippen LogP contribution < -0.4 is 4.74 Å². The van der Waals surface area contributed by atoms with Gasteiger partial charge in [0.25, 0.3) is 0 Å². The van der Waals surface area contributed by atoms with Crippen LogP contribution in [0.1, 0.15) is 56.9 Å². The van der Waals surface area contributed by atoms with E-state index in [0.29, 0.717) is 25.0 Å². The molecule has 0 saturated heterocycles. The lowest BCUT2D eigenvalue weighted by Gasteiger charge is -2.37. The molecule has 6 nitrogen and oxygen atoms in total. The quantitative estimate of drug-likeness (QED) is 0.649. The van der Waals surface area contributed by atoms with Gasteiger partial charge in [-0.3, -0.25) is 4.79 Å². The minimum atomic E-state index is -0.293. The standard InChI is InChI=1S/C24H30O6/c1-16-7-9-18(10-8-16)29-22-14-28-21-13-19(11-12-20(21)24(22)26)27-15-23(25)30-17-5-3-2-4-6-17/h7-10,14,17,19-21H,2-6,11-13,15H2,1H3. The van der Waals surface area contributed by atoms with Gasteiger partial charge in [0.1, 0.15) is 30.8 Å². The fraction of sp³-hybridized carbons (Fsp3) is 0.583. The number of Topliss-reactive ketones (excluding diaryl/α,β-unsaturated/α-hetero) is 1. The summed E-state index contributed by atoms with van der Waals surface area (Å²) < 4.78 is 22.9. The van der Waals surface area contributed by atoms with E-state index in [1.807, 2.05) is 31.2 Å². The van der Waals surface area contributed by atoms with Crippen molar-refractivity contribution in [1.29, 1.82) is 0 Å². The Balaban J connectivity index is 1.25. The Kier molecular flexibility index (Phi) is 6.72. The van der Waals surface area contributed by atoms with Gasteiger partial charge in [-0.25, -0.2) is 4.79 Å². The van der Waals surface area contributed by atoms with E-state index in [2.05, 4.69) is 0 Å². The normalized spacial score (nSPS) is 26.9. The first kappa shape index (κ1) is 20.9. The molecule has 2 fully saturated rings. The molecule has 4 rings (SSSR count). The monoisotopic (exact) mass is 414 g/mol. The van der Waals surface area contributed by atoms with Gasteiger partial charge in [-0.2, -0.15) is 0 Å². The highest BCUT2D eigenvalue weighted by molar-refractivity contribution is 5.96. The van der Waals surface area contributed by atoms with Crippen LogP contribution in [0.2, 0.25) is 0 Å². The Morgan fingerprint density at radius 2 is 1.80 bits per heavy atom. The highest BCUT2D eigenvalue weighted by Crippen LogP contribution is 2.35. The molecule has 1 aromatic rings. The summed E-state index contributed by atoms with van der Waals surface area (Å²) in [6, 6.07) is 7.56. The first-order chi connectivity index (χ1) is 14.6. The van der Waals surface area contributed by atoms with Crippen LogP contribution in [0, 0.1) is 12.8 Å². The second-order valence-corrected chi connectivity index (χ2v) is 8.54. The molecule has 0 N–H and O–H groups in total. The number of esters is 1. The van der Waals surface area contributed by atoms with Crippen molar-refractivity contribution >= 4 is 11.8 Å². The molecule has 2 aliphatic carbocycles. The molecule has 1 aliphatic heterocycles. The predicted octanol–water partition coefficient (Wildman–Crippen LogP) is 4.24. The van der Waals surface area contributed by atoms with Crippen molar-refractivity contribution in [2.45, 2.75) is 76.6 Å². The number of allylic oxidation sites excluding steroid dienone is 1. The molecule has 0 radical (unpaired) electrons. The van der Waals surface area contributed by atoms with Crippen LogP contribution in [0.4, 0.5) is 0 Å². The van der Waals surface area contributed by atoms with Gasteiger partial charge < -0.3 is 18.9 Å². The first-order valence-electron chi connectivity index (χ1n) is 11.0. The molecular weight excluding hydrogens is 384 g/mol. The van der Waals surface area contributed by atoms with Gasteiger partial charge in [0.15, 0.2) is 0 Å². The van der Waals surface area contributed by atoms with Crippen LogP contribution in [0.25, 0.3) is 0 Å². The highest BCUT2D eigenvalue weighted by Gasteiger charge is 2.41. The van der Waals surface area contributed by atoms with Crippen molar-refractivity contribution in [1.82, 2.24) is 0 Å². The Labute approximate surface area is 177 Å². The van der Waals surface area contributed by atoms with E-state index in [9.17, 15) is 9.59 Å². The van der Waals surface area contributed by atoms with Crippen LogP contribution in [0.15, 0.2) is 36.3 Å². The van der Waals surface area contributed by atoms with Crippen LogP contribution in [-0.2, 0) is 23.8 Å². The molecule has 2 saturated carbocycles. The minimum Gasteiger partial charge on any atom is -0.493 e. The molecule has 0 spiro atoms. The smallest absolute Gasteiger partial charge is 0.332 e. The number of ether oxygens (including phenoxy) is 4. The fourth-order valence-electron chi connectivity index (χ4n) is 4.48. The average Bonchev–Trinajstić information content (AvgIpc) is 2.76. The molecular formula is C24H30O6. The lowest BCUT2D eigenvalue weighted by atomic mass is 9.80. The maximum Gasteiger partial charge on any atom is 0.332 e. The predicted molar refractivity (Wildman–Crippen MR) is 110 cm³/mol. The van der Waals surface area contributed by atoms with Crippen molar-refractivity contribution < 1.29 is 28.5 Å². The number of carbonyl (C=O) groups excluding carboxylic acids is 2. The Morgan fingerprint density at radius 1 is 1.03 bits per heavy atom. The van der Waals surface area contributed by atoms with Crippen LogP contribution in [0.5, 0.6) is 5.75 Å². The molecule has 1 heterocycles. The van der Waals surface area contributed by atoms with Gasteiger partial charge in [-0.15, -0.1) is 0 Å². The number of ketones is 1. The van der Waals surface area contributed by atoms with Crippen molar-refractivity contribution in [3.63, 3.8) is 0 Å². The Hall–Kier alpha value is -2.34. The maximum atomic E-state index is 12.8. The summed E-state index contributed by atoms with van der Waals surface area (Å²) in [6.45, 7) is 1.96. The third-order valence-electron chi connectivity index (χ3n) is 6.21. The molecule has 3 atom stereocenters. The van der Waals surface area contributed by atoms with E-state index in [1.54, 1.807) is 0 Å². The largest absolute Gasteiger partial charge is 0.493 e. The van der Waals surface area contributed by atoms with Crippen molar-refractivity contribution in [3.05, 3.63) is 41.9 Å². The molecule has 1 aromatic carbocycles. The second kappa shape index (κ2) is 9.65. The third kappa shape index (κ3) is 5.22. The molecule has 162 valence electrons. The summed E-state index contributed by atoms with van der Waals surface area (Å²) in [6.07, 6.45) is 8.44. The summed E-state index contributed by atoms with van der Waals surface area (Å²) >= 11 is 0. The molecule has 3 aliphatic rings. The van der Waals surface area contributed by atoms with E-state index in [1.165, 1.54) is 12.7 Å². The van der Waals surface area contributed by atoms with Crippen LogP contribution >= 0.6 is 0 Å². The zero-order chi connectivity index (χ0) is 20.9. The lowest BCUT2D eigenvalue weighted by molar-refractivity contribution is -0.161. The molecule has 6 heteroatoms. The van der Waals surface area contributed by atoms with E-state index in [4.69, 9.17) is 18.9 Å². The number of rotatable bonds is 6. The van der Waals surface area contributed by atoms with Gasteiger partial charge in [-0.1, -0.05) is 24.1 Å². The number of fused-ring (bicyclic) bond motifs is 1. The zero-order valence-corrected chi connectivity index (χ0v) is 17.5. The molecule has 0 bridgehead atoms. The highest BCUT2D eigenvalue weighted by atomic mass is 16.6. The molecule has 3 unspecified atom stereocenters. The van der Waals surface area contributed by atoms with Crippen molar-refractivity contribution in [3.8, 4) is 5.75 Å². The summed E-state index contributed by atoms with van der Waals surface area (Å²) in [7, 11) is 0. The summed E-state index contributed by atoms with van der Waals surface area (Å²) in [5.74, 6) is 0.316. The van der Waals surface area contributed by atoms with Crippen LogP contribution in [0.3, 0.4) is 0 Å². The third-order valence-corrected chi connectivity index (χ3v) is 6.21. The Morgan fingerprint density at radius 3 is 2.57 bits per heavy atom. The molecule has 30 heavy (non-hydrogen) atoms. The van der Waals surface area contributed by atoms with Gasteiger partial charge >= 0.3 is 5.97 Å². The maximum absolute atomic E-state index is 12.8. The lowest BCUT2D eigenvalue weighted by Crippen LogP contribution is -2.43.